The van der Waals surface area contributed by atoms with Crippen LogP contribution in [-0.4, -0.2) is 5.91 Å². The number of rotatable bonds is 4. The van der Waals surface area contributed by atoms with Crippen LogP contribution in [0.1, 0.15) is 11.1 Å². The van der Waals surface area contributed by atoms with Gasteiger partial charge in [-0.3, -0.25) is 4.79 Å². The molecule has 21 heavy (non-hydrogen) atoms. The highest BCUT2D eigenvalue weighted by Crippen LogP contribution is 2.20. The molecule has 0 saturated heterocycles. The molecule has 2 aromatic carbocycles. The number of hydrogen-bond donors (Lipinski definition) is 1. The largest absolute Gasteiger partial charge is 0.348 e. The molecule has 0 bridgehead atoms. The van der Waals surface area contributed by atoms with Crippen LogP contribution in [0.2, 0.25) is 10.0 Å². The zero-order valence-corrected chi connectivity index (χ0v) is 12.5. The minimum Gasteiger partial charge on any atom is -0.348 e. The third-order valence-corrected chi connectivity index (χ3v) is 3.36. The molecule has 0 radical (unpaired) electrons. The number of amides is 1. The van der Waals surface area contributed by atoms with E-state index in [1.807, 2.05) is 12.1 Å². The van der Waals surface area contributed by atoms with Crippen LogP contribution < -0.4 is 5.32 Å². The fourth-order valence-electron chi connectivity index (χ4n) is 1.68. The molecular weight excluding hydrogens is 312 g/mol. The van der Waals surface area contributed by atoms with Crippen LogP contribution in [-0.2, 0) is 11.3 Å². The molecular formula is C16H12Cl2FNO. The molecule has 0 spiro atoms. The second-order valence-electron chi connectivity index (χ2n) is 4.31. The van der Waals surface area contributed by atoms with Crippen LogP contribution in [0.4, 0.5) is 4.39 Å². The summed E-state index contributed by atoms with van der Waals surface area (Å²) in [6.45, 7) is 0.366. The average molecular weight is 324 g/mol. The highest BCUT2D eigenvalue weighted by Gasteiger charge is 2.04. The zero-order chi connectivity index (χ0) is 15.2. The van der Waals surface area contributed by atoms with E-state index in [4.69, 9.17) is 23.2 Å². The predicted octanol–water partition coefficient (Wildman–Crippen LogP) is 4.46. The minimum absolute atomic E-state index is 0.195. The van der Waals surface area contributed by atoms with Crippen molar-refractivity contribution < 1.29 is 9.18 Å². The van der Waals surface area contributed by atoms with Crippen LogP contribution in [0.15, 0.2) is 48.5 Å². The lowest BCUT2D eigenvalue weighted by atomic mass is 10.2. The molecule has 0 unspecified atom stereocenters. The predicted molar refractivity (Wildman–Crippen MR) is 83.7 cm³/mol. The highest BCUT2D eigenvalue weighted by atomic mass is 35.5. The smallest absolute Gasteiger partial charge is 0.244 e. The SMILES string of the molecule is O=C(/C=C/c1c(F)cccc1Cl)NCc1ccc(Cl)cc1. The first-order chi connectivity index (χ1) is 10.1. The molecule has 0 aliphatic carbocycles. The Morgan fingerprint density at radius 1 is 1.14 bits per heavy atom. The van der Waals surface area contributed by atoms with Crippen molar-refractivity contribution >= 4 is 35.2 Å². The number of hydrogen-bond acceptors (Lipinski definition) is 1. The van der Waals surface area contributed by atoms with E-state index >= 15 is 0 Å². The third-order valence-electron chi connectivity index (χ3n) is 2.78. The van der Waals surface area contributed by atoms with Gasteiger partial charge in [-0.05, 0) is 35.9 Å². The lowest BCUT2D eigenvalue weighted by Crippen LogP contribution is -2.20. The van der Waals surface area contributed by atoms with Gasteiger partial charge in [-0.25, -0.2) is 4.39 Å². The van der Waals surface area contributed by atoms with Crippen LogP contribution in [0, 0.1) is 5.82 Å². The summed E-state index contributed by atoms with van der Waals surface area (Å²) in [4.78, 5) is 11.7. The van der Waals surface area contributed by atoms with Gasteiger partial charge in [0, 0.05) is 23.2 Å². The standard InChI is InChI=1S/C16H12Cl2FNO/c17-12-6-4-11(5-7-12)10-20-16(21)9-8-13-14(18)2-1-3-15(13)19/h1-9H,10H2,(H,20,21)/b9-8+. The van der Waals surface area contributed by atoms with Crippen molar-refractivity contribution in [3.63, 3.8) is 0 Å². The van der Waals surface area contributed by atoms with E-state index in [2.05, 4.69) is 5.32 Å². The number of carbonyl (C=O) groups is 1. The molecule has 0 saturated carbocycles. The second-order valence-corrected chi connectivity index (χ2v) is 5.16. The third kappa shape index (κ3) is 4.59. The summed E-state index contributed by atoms with van der Waals surface area (Å²) in [5.41, 5.74) is 1.12. The van der Waals surface area contributed by atoms with Crippen molar-refractivity contribution in [2.75, 3.05) is 0 Å². The van der Waals surface area contributed by atoms with E-state index in [1.54, 1.807) is 18.2 Å². The minimum atomic E-state index is -0.468. The molecule has 2 aromatic rings. The van der Waals surface area contributed by atoms with Gasteiger partial charge in [0.1, 0.15) is 5.82 Å². The summed E-state index contributed by atoms with van der Waals surface area (Å²) in [6, 6.07) is 11.5. The Labute approximate surface area is 132 Å². The number of carbonyl (C=O) groups excluding carboxylic acids is 1. The second kappa shape index (κ2) is 7.25. The number of nitrogens with one attached hydrogen (secondary N) is 1. The van der Waals surface area contributed by atoms with E-state index < -0.39 is 5.82 Å². The Morgan fingerprint density at radius 3 is 2.52 bits per heavy atom. The molecule has 0 atom stereocenters. The van der Waals surface area contributed by atoms with Crippen LogP contribution >= 0.6 is 23.2 Å². The summed E-state index contributed by atoms with van der Waals surface area (Å²) in [5, 5.41) is 3.59. The first-order valence-electron chi connectivity index (χ1n) is 6.20. The van der Waals surface area contributed by atoms with Gasteiger partial charge in [-0.2, -0.15) is 0 Å². The van der Waals surface area contributed by atoms with E-state index in [1.165, 1.54) is 24.3 Å². The quantitative estimate of drug-likeness (QED) is 0.827. The van der Waals surface area contributed by atoms with Gasteiger partial charge in [-0.15, -0.1) is 0 Å². The van der Waals surface area contributed by atoms with E-state index in [0.29, 0.717) is 11.6 Å². The molecule has 0 aliphatic rings. The van der Waals surface area contributed by atoms with Crippen LogP contribution in [0.25, 0.3) is 6.08 Å². The van der Waals surface area contributed by atoms with E-state index in [0.717, 1.165) is 5.56 Å². The van der Waals surface area contributed by atoms with Gasteiger partial charge in [0.25, 0.3) is 0 Å². The molecule has 2 nitrogen and oxygen atoms in total. The van der Waals surface area contributed by atoms with Gasteiger partial charge in [0.2, 0.25) is 5.91 Å². The Bertz CT molecular complexity index is 648. The van der Waals surface area contributed by atoms with Crippen molar-refractivity contribution in [3.8, 4) is 0 Å². The molecule has 0 heterocycles. The van der Waals surface area contributed by atoms with Crippen molar-refractivity contribution in [3.05, 3.63) is 75.5 Å². The fourth-order valence-corrected chi connectivity index (χ4v) is 2.03. The molecule has 0 fully saturated rings. The zero-order valence-electron chi connectivity index (χ0n) is 10.9. The summed E-state index contributed by atoms with van der Waals surface area (Å²) >= 11 is 11.6. The number of halogens is 3. The fraction of sp³-hybridized carbons (Fsp3) is 0.0625. The molecule has 5 heteroatoms. The van der Waals surface area contributed by atoms with Gasteiger partial charge in [-0.1, -0.05) is 41.4 Å². The Kier molecular flexibility index (Phi) is 5.37. The summed E-state index contributed by atoms with van der Waals surface area (Å²) < 4.78 is 13.5. The van der Waals surface area contributed by atoms with Gasteiger partial charge >= 0.3 is 0 Å². The Morgan fingerprint density at radius 2 is 1.86 bits per heavy atom. The topological polar surface area (TPSA) is 29.1 Å². The average Bonchev–Trinajstić information content (AvgIpc) is 2.46. The monoisotopic (exact) mass is 323 g/mol. The Balaban J connectivity index is 1.95. The van der Waals surface area contributed by atoms with Crippen LogP contribution in [0.5, 0.6) is 0 Å². The maximum atomic E-state index is 13.5. The normalized spacial score (nSPS) is 10.8. The lowest BCUT2D eigenvalue weighted by molar-refractivity contribution is -0.116. The maximum absolute atomic E-state index is 13.5. The summed E-state index contributed by atoms with van der Waals surface area (Å²) in [6.07, 6.45) is 2.61. The summed E-state index contributed by atoms with van der Waals surface area (Å²) in [7, 11) is 0. The first-order valence-corrected chi connectivity index (χ1v) is 6.96. The lowest BCUT2D eigenvalue weighted by Gasteiger charge is -2.03. The highest BCUT2D eigenvalue weighted by molar-refractivity contribution is 6.32. The molecule has 1 amide bonds. The van der Waals surface area contributed by atoms with E-state index in [-0.39, 0.29) is 16.5 Å². The first kappa shape index (κ1) is 15.5. The Hall–Kier alpha value is -1.84. The van der Waals surface area contributed by atoms with Crippen LogP contribution in [0.3, 0.4) is 0 Å². The van der Waals surface area contributed by atoms with Crippen molar-refractivity contribution in [1.29, 1.82) is 0 Å². The maximum Gasteiger partial charge on any atom is 0.244 e. The number of benzene rings is 2. The van der Waals surface area contributed by atoms with Crippen molar-refractivity contribution in [1.82, 2.24) is 5.32 Å². The van der Waals surface area contributed by atoms with Crippen molar-refractivity contribution in [2.45, 2.75) is 6.54 Å². The molecule has 0 aromatic heterocycles. The van der Waals surface area contributed by atoms with Gasteiger partial charge in [0.05, 0.1) is 5.02 Å². The molecule has 2 rings (SSSR count). The van der Waals surface area contributed by atoms with E-state index in [9.17, 15) is 9.18 Å². The van der Waals surface area contributed by atoms with Crippen molar-refractivity contribution in [2.24, 2.45) is 0 Å². The molecule has 108 valence electrons. The van der Waals surface area contributed by atoms with Gasteiger partial charge in [0.15, 0.2) is 0 Å². The molecule has 1 N–H and O–H groups in total. The molecule has 0 aliphatic heterocycles. The van der Waals surface area contributed by atoms with Gasteiger partial charge < -0.3 is 5.32 Å². The summed E-state index contributed by atoms with van der Waals surface area (Å²) in [5.74, 6) is -0.798.